The summed E-state index contributed by atoms with van der Waals surface area (Å²) in [6.45, 7) is 5.97. The van der Waals surface area contributed by atoms with Crippen molar-refractivity contribution in [1.82, 2.24) is 24.5 Å². The third kappa shape index (κ3) is 6.86. The molecule has 1 aromatic heterocycles. The summed E-state index contributed by atoms with van der Waals surface area (Å²) in [6, 6.07) is 18.9. The van der Waals surface area contributed by atoms with Gasteiger partial charge in [0, 0.05) is 50.7 Å². The molecule has 3 amide bonds. The Bertz CT molecular complexity index is 1190. The quantitative estimate of drug-likeness (QED) is 0.413. The van der Waals surface area contributed by atoms with Crippen LogP contribution in [0.15, 0.2) is 73.1 Å². The minimum Gasteiger partial charge on any atom is -0.365 e. The Balaban J connectivity index is 1.48. The molecular formula is C29H35N5O4. The van der Waals surface area contributed by atoms with Crippen molar-refractivity contribution in [2.24, 2.45) is 0 Å². The maximum Gasteiger partial charge on any atom is 0.254 e. The number of carbonyl (C=O) groups is 3. The Kier molecular flexibility index (Phi) is 9.26. The molecule has 3 aromatic rings. The largest absolute Gasteiger partial charge is 0.365 e. The van der Waals surface area contributed by atoms with Crippen LogP contribution >= 0.6 is 0 Å². The minimum atomic E-state index is -0.482. The fraction of sp³-hybridized carbons (Fsp3) is 0.379. The summed E-state index contributed by atoms with van der Waals surface area (Å²) < 4.78 is 7.75. The lowest BCUT2D eigenvalue weighted by molar-refractivity contribution is -0.138. The first-order valence-electron chi connectivity index (χ1n) is 13.1. The number of likely N-dealkylation sites (N-methyl/N-ethyl adjacent to an activating group) is 1. The van der Waals surface area contributed by atoms with Crippen molar-refractivity contribution in [2.75, 3.05) is 45.9 Å². The first-order valence-corrected chi connectivity index (χ1v) is 13.1. The van der Waals surface area contributed by atoms with Gasteiger partial charge in [-0.2, -0.15) is 5.10 Å². The summed E-state index contributed by atoms with van der Waals surface area (Å²) >= 11 is 0. The summed E-state index contributed by atoms with van der Waals surface area (Å²) in [5.74, 6) is -0.490. The molecule has 0 spiro atoms. The fourth-order valence-electron chi connectivity index (χ4n) is 4.58. The van der Waals surface area contributed by atoms with Crippen molar-refractivity contribution in [3.63, 3.8) is 0 Å². The Labute approximate surface area is 223 Å². The summed E-state index contributed by atoms with van der Waals surface area (Å²) in [7, 11) is 0. The lowest BCUT2D eigenvalue weighted by Gasteiger charge is -2.26. The smallest absolute Gasteiger partial charge is 0.254 e. The number of amides is 3. The van der Waals surface area contributed by atoms with E-state index in [4.69, 9.17) is 4.74 Å². The Morgan fingerprint density at radius 3 is 2.39 bits per heavy atom. The van der Waals surface area contributed by atoms with Crippen LogP contribution in [0.5, 0.6) is 0 Å². The van der Waals surface area contributed by atoms with E-state index in [1.165, 1.54) is 4.90 Å². The van der Waals surface area contributed by atoms with Gasteiger partial charge in [0.1, 0.15) is 13.2 Å². The second-order valence-corrected chi connectivity index (χ2v) is 9.26. The molecule has 2 aromatic carbocycles. The van der Waals surface area contributed by atoms with Crippen molar-refractivity contribution in [2.45, 2.75) is 26.4 Å². The average Bonchev–Trinajstić information content (AvgIpc) is 3.44. The van der Waals surface area contributed by atoms with Gasteiger partial charge in [0.2, 0.25) is 11.8 Å². The summed E-state index contributed by atoms with van der Waals surface area (Å²) in [4.78, 5) is 44.3. The average molecular weight is 518 g/mol. The number of carbonyl (C=O) groups excluding carboxylic acids is 3. The van der Waals surface area contributed by atoms with Gasteiger partial charge in [-0.15, -0.1) is 0 Å². The number of aromatic nitrogens is 2. The molecule has 1 unspecified atom stereocenters. The molecule has 1 atom stereocenters. The molecule has 1 aliphatic rings. The van der Waals surface area contributed by atoms with E-state index in [-0.39, 0.29) is 37.4 Å². The van der Waals surface area contributed by atoms with E-state index in [1.54, 1.807) is 32.8 Å². The standard InChI is InChI=1S/C29H35N5O4/c1-3-31(4-2)28(36)22-38-26-19-32(18-15-23-9-6-5-7-10-23)27(35)21-33(20-26)29(37)24-11-13-25(14-12-24)34-17-8-16-30-34/h5-14,16-17,26H,3-4,15,18-22H2,1-2H3. The molecule has 9 nitrogen and oxygen atoms in total. The molecule has 0 bridgehead atoms. The van der Waals surface area contributed by atoms with E-state index in [0.717, 1.165) is 11.3 Å². The predicted molar refractivity (Wildman–Crippen MR) is 144 cm³/mol. The topological polar surface area (TPSA) is 88.0 Å². The van der Waals surface area contributed by atoms with Crippen LogP contribution in [-0.2, 0) is 20.7 Å². The molecule has 200 valence electrons. The summed E-state index contributed by atoms with van der Waals surface area (Å²) in [6.07, 6.45) is 3.73. The van der Waals surface area contributed by atoms with E-state index in [9.17, 15) is 14.4 Å². The Morgan fingerprint density at radius 1 is 1.00 bits per heavy atom. The first-order chi connectivity index (χ1) is 18.5. The highest BCUT2D eigenvalue weighted by atomic mass is 16.5. The number of ether oxygens (including phenoxy) is 1. The van der Waals surface area contributed by atoms with Crippen molar-refractivity contribution in [3.8, 4) is 5.69 Å². The SMILES string of the molecule is CCN(CC)C(=O)COC1CN(CCc2ccccc2)C(=O)CN(C(=O)c2ccc(-n3cccn3)cc2)C1. The second-order valence-electron chi connectivity index (χ2n) is 9.26. The molecule has 9 heteroatoms. The zero-order valence-electron chi connectivity index (χ0n) is 22.0. The minimum absolute atomic E-state index is 0.0433. The van der Waals surface area contributed by atoms with Gasteiger partial charge in [-0.3, -0.25) is 14.4 Å². The molecule has 4 rings (SSSR count). The third-order valence-corrected chi connectivity index (χ3v) is 6.77. The van der Waals surface area contributed by atoms with Crippen LogP contribution in [0.1, 0.15) is 29.8 Å². The van der Waals surface area contributed by atoms with Crippen LogP contribution in [0.4, 0.5) is 0 Å². The van der Waals surface area contributed by atoms with Crippen LogP contribution in [0.25, 0.3) is 5.69 Å². The molecule has 38 heavy (non-hydrogen) atoms. The zero-order valence-corrected chi connectivity index (χ0v) is 22.0. The number of hydrogen-bond donors (Lipinski definition) is 0. The highest BCUT2D eigenvalue weighted by Crippen LogP contribution is 2.16. The van der Waals surface area contributed by atoms with Gasteiger partial charge in [-0.1, -0.05) is 30.3 Å². The van der Waals surface area contributed by atoms with E-state index >= 15 is 0 Å². The van der Waals surface area contributed by atoms with E-state index in [0.29, 0.717) is 38.2 Å². The van der Waals surface area contributed by atoms with Gasteiger partial charge in [0.15, 0.2) is 0 Å². The molecule has 0 N–H and O–H groups in total. The van der Waals surface area contributed by atoms with Crippen molar-refractivity contribution in [3.05, 3.63) is 84.2 Å². The highest BCUT2D eigenvalue weighted by Gasteiger charge is 2.32. The lowest BCUT2D eigenvalue weighted by Crippen LogP contribution is -2.41. The Hall–Kier alpha value is -3.98. The van der Waals surface area contributed by atoms with Crippen molar-refractivity contribution < 1.29 is 19.1 Å². The number of hydrogen-bond acceptors (Lipinski definition) is 5. The zero-order chi connectivity index (χ0) is 26.9. The van der Waals surface area contributed by atoms with E-state index in [2.05, 4.69) is 5.10 Å². The molecule has 0 saturated carbocycles. The number of benzene rings is 2. The van der Waals surface area contributed by atoms with E-state index < -0.39 is 6.10 Å². The van der Waals surface area contributed by atoms with E-state index in [1.807, 2.05) is 68.6 Å². The molecule has 1 aliphatic heterocycles. The van der Waals surface area contributed by atoms with Crippen LogP contribution in [0.3, 0.4) is 0 Å². The van der Waals surface area contributed by atoms with Gasteiger partial charge >= 0.3 is 0 Å². The Morgan fingerprint density at radius 2 is 1.74 bits per heavy atom. The molecule has 0 radical (unpaired) electrons. The van der Waals surface area contributed by atoms with Gasteiger partial charge in [0.25, 0.3) is 5.91 Å². The fourth-order valence-corrected chi connectivity index (χ4v) is 4.58. The van der Waals surface area contributed by atoms with Crippen LogP contribution in [-0.4, -0.2) is 94.2 Å². The predicted octanol–water partition coefficient (Wildman–Crippen LogP) is 2.65. The first kappa shape index (κ1) is 27.1. The van der Waals surface area contributed by atoms with Crippen LogP contribution < -0.4 is 0 Å². The van der Waals surface area contributed by atoms with Gasteiger partial charge in [-0.25, -0.2) is 4.68 Å². The second kappa shape index (κ2) is 13.0. The number of rotatable bonds is 10. The van der Waals surface area contributed by atoms with Crippen molar-refractivity contribution in [1.29, 1.82) is 0 Å². The lowest BCUT2D eigenvalue weighted by atomic mass is 10.1. The van der Waals surface area contributed by atoms with Crippen LogP contribution in [0, 0.1) is 0 Å². The van der Waals surface area contributed by atoms with Gasteiger partial charge in [-0.05, 0) is 56.2 Å². The molecule has 0 aliphatic carbocycles. The molecule has 1 fully saturated rings. The molecule has 1 saturated heterocycles. The van der Waals surface area contributed by atoms with Gasteiger partial charge in [0.05, 0.1) is 11.8 Å². The van der Waals surface area contributed by atoms with Crippen molar-refractivity contribution >= 4 is 17.7 Å². The third-order valence-electron chi connectivity index (χ3n) is 6.77. The normalized spacial score (nSPS) is 15.8. The number of nitrogens with zero attached hydrogens (tertiary/aromatic N) is 5. The molecular weight excluding hydrogens is 482 g/mol. The summed E-state index contributed by atoms with van der Waals surface area (Å²) in [5, 5.41) is 4.21. The highest BCUT2D eigenvalue weighted by molar-refractivity contribution is 5.97. The monoisotopic (exact) mass is 517 g/mol. The maximum atomic E-state index is 13.5. The van der Waals surface area contributed by atoms with Gasteiger partial charge < -0.3 is 19.4 Å². The maximum absolute atomic E-state index is 13.5. The van der Waals surface area contributed by atoms with Crippen LogP contribution in [0.2, 0.25) is 0 Å². The molecule has 2 heterocycles. The summed E-state index contributed by atoms with van der Waals surface area (Å²) in [5.41, 5.74) is 2.44.